The minimum Gasteiger partial charge on any atom is -0.481 e. The number of hydrogen-bond donors (Lipinski definition) is 2. The van der Waals surface area contributed by atoms with Crippen molar-refractivity contribution < 1.29 is 14.7 Å². The third kappa shape index (κ3) is 4.09. The SMILES string of the molecule is CCCn1cc(Br)cc1C(=O)NC1CCCC(C(=O)O)C1. The molecule has 0 bridgehead atoms. The molecule has 1 amide bonds. The molecular formula is C15H21BrN2O3. The predicted octanol–water partition coefficient (Wildman–Crippen LogP) is 3.03. The molecular weight excluding hydrogens is 336 g/mol. The second kappa shape index (κ2) is 7.11. The molecule has 5 nitrogen and oxygen atoms in total. The van der Waals surface area contributed by atoms with E-state index in [9.17, 15) is 9.59 Å². The summed E-state index contributed by atoms with van der Waals surface area (Å²) in [4.78, 5) is 23.5. The molecule has 0 aromatic carbocycles. The highest BCUT2D eigenvalue weighted by Crippen LogP contribution is 2.25. The van der Waals surface area contributed by atoms with Crippen molar-refractivity contribution in [3.05, 3.63) is 22.4 Å². The van der Waals surface area contributed by atoms with Gasteiger partial charge in [0.25, 0.3) is 5.91 Å². The number of rotatable bonds is 5. The number of carboxylic acids is 1. The van der Waals surface area contributed by atoms with Gasteiger partial charge in [-0.05, 0) is 47.7 Å². The molecule has 0 spiro atoms. The van der Waals surface area contributed by atoms with Gasteiger partial charge in [-0.25, -0.2) is 0 Å². The lowest BCUT2D eigenvalue weighted by Gasteiger charge is -2.27. The number of carbonyl (C=O) groups is 2. The summed E-state index contributed by atoms with van der Waals surface area (Å²) < 4.78 is 2.81. The largest absolute Gasteiger partial charge is 0.481 e. The first-order valence-corrected chi connectivity index (χ1v) is 8.20. The summed E-state index contributed by atoms with van der Waals surface area (Å²) in [5, 5.41) is 12.1. The maximum absolute atomic E-state index is 12.4. The Labute approximate surface area is 132 Å². The Morgan fingerprint density at radius 1 is 1.48 bits per heavy atom. The summed E-state index contributed by atoms with van der Waals surface area (Å²) in [5.41, 5.74) is 0.626. The molecule has 0 saturated heterocycles. The van der Waals surface area contributed by atoms with Crippen molar-refractivity contribution in [2.45, 2.75) is 51.6 Å². The van der Waals surface area contributed by atoms with Crippen LogP contribution in [0.4, 0.5) is 0 Å². The molecule has 1 aromatic heterocycles. The van der Waals surface area contributed by atoms with E-state index in [-0.39, 0.29) is 17.9 Å². The van der Waals surface area contributed by atoms with Crippen LogP contribution in [0.25, 0.3) is 0 Å². The average Bonchev–Trinajstić information content (AvgIpc) is 2.80. The van der Waals surface area contributed by atoms with Crippen LogP contribution in [0.15, 0.2) is 16.7 Å². The third-order valence-electron chi connectivity index (χ3n) is 3.92. The van der Waals surface area contributed by atoms with Crippen LogP contribution in [-0.4, -0.2) is 27.6 Å². The van der Waals surface area contributed by atoms with Crippen LogP contribution in [0.1, 0.15) is 49.5 Å². The van der Waals surface area contributed by atoms with Gasteiger partial charge in [-0.3, -0.25) is 9.59 Å². The summed E-state index contributed by atoms with van der Waals surface area (Å²) in [7, 11) is 0. The van der Waals surface area contributed by atoms with Gasteiger partial charge in [0, 0.05) is 23.3 Å². The summed E-state index contributed by atoms with van der Waals surface area (Å²) in [6.45, 7) is 2.85. The van der Waals surface area contributed by atoms with Crippen LogP contribution in [0.2, 0.25) is 0 Å². The van der Waals surface area contributed by atoms with Crippen molar-refractivity contribution in [3.63, 3.8) is 0 Å². The lowest BCUT2D eigenvalue weighted by Crippen LogP contribution is -2.40. The Morgan fingerprint density at radius 2 is 2.24 bits per heavy atom. The van der Waals surface area contributed by atoms with Crippen molar-refractivity contribution >= 4 is 27.8 Å². The Morgan fingerprint density at radius 3 is 2.90 bits per heavy atom. The van der Waals surface area contributed by atoms with Gasteiger partial charge in [-0.15, -0.1) is 0 Å². The second-order valence-electron chi connectivity index (χ2n) is 5.61. The zero-order valence-electron chi connectivity index (χ0n) is 12.1. The molecule has 0 aliphatic heterocycles. The van der Waals surface area contributed by atoms with E-state index >= 15 is 0 Å². The summed E-state index contributed by atoms with van der Waals surface area (Å²) in [5.74, 6) is -1.21. The first-order chi connectivity index (χ1) is 10.0. The molecule has 1 aliphatic carbocycles. The van der Waals surface area contributed by atoms with Gasteiger partial charge in [0.05, 0.1) is 5.92 Å². The number of aliphatic carboxylic acids is 1. The van der Waals surface area contributed by atoms with Gasteiger partial charge in [-0.2, -0.15) is 0 Å². The van der Waals surface area contributed by atoms with E-state index in [1.807, 2.05) is 16.8 Å². The Kier molecular flexibility index (Phi) is 5.45. The standard InChI is InChI=1S/C15H21BrN2O3/c1-2-6-18-9-11(16)8-13(18)14(19)17-12-5-3-4-10(7-12)15(20)21/h8-10,12H,2-7H2,1H3,(H,17,19)(H,20,21). The molecule has 21 heavy (non-hydrogen) atoms. The molecule has 2 rings (SSSR count). The van der Waals surface area contributed by atoms with E-state index in [1.165, 1.54) is 0 Å². The van der Waals surface area contributed by atoms with E-state index in [2.05, 4.69) is 28.2 Å². The molecule has 116 valence electrons. The van der Waals surface area contributed by atoms with Crippen LogP contribution in [0.5, 0.6) is 0 Å². The topological polar surface area (TPSA) is 71.3 Å². The maximum atomic E-state index is 12.4. The fraction of sp³-hybridized carbons (Fsp3) is 0.600. The number of hydrogen-bond acceptors (Lipinski definition) is 2. The van der Waals surface area contributed by atoms with Gasteiger partial charge >= 0.3 is 5.97 Å². The van der Waals surface area contributed by atoms with Gasteiger partial charge in [0.15, 0.2) is 0 Å². The smallest absolute Gasteiger partial charge is 0.306 e. The summed E-state index contributed by atoms with van der Waals surface area (Å²) in [6, 6.07) is 1.76. The van der Waals surface area contributed by atoms with Crippen molar-refractivity contribution in [1.82, 2.24) is 9.88 Å². The molecule has 1 fully saturated rings. The van der Waals surface area contributed by atoms with Crippen LogP contribution < -0.4 is 5.32 Å². The van der Waals surface area contributed by atoms with Crippen LogP contribution in [0.3, 0.4) is 0 Å². The number of carboxylic acid groups (broad SMARTS) is 1. The molecule has 1 saturated carbocycles. The van der Waals surface area contributed by atoms with E-state index in [1.54, 1.807) is 0 Å². The second-order valence-corrected chi connectivity index (χ2v) is 6.52. The van der Waals surface area contributed by atoms with Gasteiger partial charge in [0.1, 0.15) is 5.69 Å². The third-order valence-corrected chi connectivity index (χ3v) is 4.35. The lowest BCUT2D eigenvalue weighted by atomic mass is 9.86. The molecule has 1 aliphatic rings. The van der Waals surface area contributed by atoms with Crippen molar-refractivity contribution in [3.8, 4) is 0 Å². The van der Waals surface area contributed by atoms with E-state index in [0.29, 0.717) is 18.5 Å². The summed E-state index contributed by atoms with van der Waals surface area (Å²) in [6.07, 6.45) is 5.79. The highest BCUT2D eigenvalue weighted by Gasteiger charge is 2.28. The van der Waals surface area contributed by atoms with Gasteiger partial charge < -0.3 is 15.0 Å². The molecule has 0 radical (unpaired) electrons. The molecule has 2 N–H and O–H groups in total. The quantitative estimate of drug-likeness (QED) is 0.851. The number of carbonyl (C=O) groups excluding carboxylic acids is 1. The fourth-order valence-electron chi connectivity index (χ4n) is 2.90. The highest BCUT2D eigenvalue weighted by atomic mass is 79.9. The summed E-state index contributed by atoms with van der Waals surface area (Å²) >= 11 is 3.40. The van der Waals surface area contributed by atoms with E-state index < -0.39 is 5.97 Å². The average molecular weight is 357 g/mol. The number of aryl methyl sites for hydroxylation is 1. The van der Waals surface area contributed by atoms with Crippen molar-refractivity contribution in [2.75, 3.05) is 0 Å². The molecule has 2 atom stereocenters. The number of nitrogens with one attached hydrogen (secondary N) is 1. The van der Waals surface area contributed by atoms with E-state index in [0.717, 1.165) is 30.3 Å². The van der Waals surface area contributed by atoms with Gasteiger partial charge in [0.2, 0.25) is 0 Å². The zero-order chi connectivity index (χ0) is 15.4. The first kappa shape index (κ1) is 16.1. The number of amides is 1. The highest BCUT2D eigenvalue weighted by molar-refractivity contribution is 9.10. The molecule has 1 aromatic rings. The molecule has 1 heterocycles. The van der Waals surface area contributed by atoms with Crippen LogP contribution in [0, 0.1) is 5.92 Å². The van der Waals surface area contributed by atoms with Crippen molar-refractivity contribution in [1.29, 1.82) is 0 Å². The molecule has 6 heteroatoms. The van der Waals surface area contributed by atoms with Crippen LogP contribution in [-0.2, 0) is 11.3 Å². The number of nitrogens with zero attached hydrogens (tertiary/aromatic N) is 1. The monoisotopic (exact) mass is 356 g/mol. The number of halogens is 1. The fourth-order valence-corrected chi connectivity index (χ4v) is 3.36. The number of aromatic nitrogens is 1. The first-order valence-electron chi connectivity index (χ1n) is 7.40. The Hall–Kier alpha value is -1.30. The van der Waals surface area contributed by atoms with Gasteiger partial charge in [-0.1, -0.05) is 13.3 Å². The zero-order valence-corrected chi connectivity index (χ0v) is 13.7. The van der Waals surface area contributed by atoms with E-state index in [4.69, 9.17) is 5.11 Å². The Balaban J connectivity index is 2.02. The van der Waals surface area contributed by atoms with Crippen molar-refractivity contribution in [2.24, 2.45) is 5.92 Å². The molecule has 2 unspecified atom stereocenters. The maximum Gasteiger partial charge on any atom is 0.306 e. The minimum atomic E-state index is -0.758. The van der Waals surface area contributed by atoms with Crippen LogP contribution >= 0.6 is 15.9 Å². The minimum absolute atomic E-state index is 0.0453. The Bertz CT molecular complexity index is 527. The lowest BCUT2D eigenvalue weighted by molar-refractivity contribution is -0.143. The predicted molar refractivity (Wildman–Crippen MR) is 83.3 cm³/mol. The normalized spacial score (nSPS) is 22.0.